The summed E-state index contributed by atoms with van der Waals surface area (Å²) in [6.45, 7) is 6.60. The third-order valence-electron chi connectivity index (χ3n) is 2.05. The summed E-state index contributed by atoms with van der Waals surface area (Å²) < 4.78 is 5.20. The van der Waals surface area contributed by atoms with Gasteiger partial charge in [-0.15, -0.1) is 12.4 Å². The number of halogens is 1. The van der Waals surface area contributed by atoms with Crippen molar-refractivity contribution in [1.82, 2.24) is 4.90 Å². The first-order chi connectivity index (χ1) is 6.38. The highest BCUT2D eigenvalue weighted by Gasteiger charge is 2.26. The summed E-state index contributed by atoms with van der Waals surface area (Å²) in [6, 6.07) is 0. The fraction of sp³-hybridized carbons (Fsp3) is 0.900. The van der Waals surface area contributed by atoms with Gasteiger partial charge in [-0.3, -0.25) is 0 Å². The van der Waals surface area contributed by atoms with Crippen LogP contribution in [0.3, 0.4) is 0 Å². The molecule has 5 heteroatoms. The van der Waals surface area contributed by atoms with Crippen molar-refractivity contribution >= 4 is 18.5 Å². The Hall–Kier alpha value is -0.480. The number of rotatable bonds is 0. The third-order valence-corrected chi connectivity index (χ3v) is 2.05. The maximum absolute atomic E-state index is 11.6. The summed E-state index contributed by atoms with van der Waals surface area (Å²) in [5.74, 6) is 0. The zero-order valence-electron chi connectivity index (χ0n) is 9.52. The Morgan fingerprint density at radius 2 is 2.07 bits per heavy atom. The van der Waals surface area contributed by atoms with E-state index in [0.29, 0.717) is 13.1 Å². The van der Waals surface area contributed by atoms with Crippen molar-refractivity contribution in [3.63, 3.8) is 0 Å². The van der Waals surface area contributed by atoms with Crippen LogP contribution >= 0.6 is 12.4 Å². The Morgan fingerprint density at radius 3 is 2.53 bits per heavy atom. The molecule has 0 saturated carbocycles. The highest BCUT2D eigenvalue weighted by atomic mass is 35.5. The third kappa shape index (κ3) is 5.23. The molecule has 1 heterocycles. The number of likely N-dealkylation sites (tertiary alicyclic amines) is 1. The molecular formula is C10H20ClNO3. The molecule has 15 heavy (non-hydrogen) atoms. The number of β-amino-alcohol motifs (C(OH)–C–C–N with tert-alkyl or cyclic N) is 1. The largest absolute Gasteiger partial charge is 0.444 e. The van der Waals surface area contributed by atoms with E-state index in [-0.39, 0.29) is 18.5 Å². The van der Waals surface area contributed by atoms with Crippen molar-refractivity contribution < 1.29 is 14.6 Å². The van der Waals surface area contributed by atoms with Crippen LogP contribution in [0.5, 0.6) is 0 Å². The highest BCUT2D eigenvalue weighted by molar-refractivity contribution is 5.85. The highest BCUT2D eigenvalue weighted by Crippen LogP contribution is 2.14. The Bertz CT molecular complexity index is 215. The van der Waals surface area contributed by atoms with Crippen molar-refractivity contribution in [3.05, 3.63) is 0 Å². The number of carbonyl (C=O) groups is 1. The van der Waals surface area contributed by atoms with Crippen molar-refractivity contribution in [2.45, 2.75) is 45.3 Å². The van der Waals surface area contributed by atoms with E-state index < -0.39 is 11.7 Å². The molecule has 1 aliphatic heterocycles. The second-order valence-electron chi connectivity index (χ2n) is 4.72. The van der Waals surface area contributed by atoms with E-state index in [2.05, 4.69) is 0 Å². The molecular weight excluding hydrogens is 218 g/mol. The summed E-state index contributed by atoms with van der Waals surface area (Å²) in [7, 11) is 0. The van der Waals surface area contributed by atoms with Gasteiger partial charge in [0.05, 0.1) is 6.10 Å². The van der Waals surface area contributed by atoms with Crippen molar-refractivity contribution in [2.24, 2.45) is 0 Å². The lowest BCUT2D eigenvalue weighted by molar-refractivity contribution is 0.00391. The van der Waals surface area contributed by atoms with E-state index in [9.17, 15) is 9.90 Å². The molecule has 1 saturated heterocycles. The summed E-state index contributed by atoms with van der Waals surface area (Å²) in [4.78, 5) is 13.1. The molecule has 0 aliphatic carbocycles. The number of piperidine rings is 1. The monoisotopic (exact) mass is 237 g/mol. The van der Waals surface area contributed by atoms with E-state index in [4.69, 9.17) is 4.74 Å². The smallest absolute Gasteiger partial charge is 0.410 e. The maximum atomic E-state index is 11.6. The number of hydrogen-bond acceptors (Lipinski definition) is 3. The van der Waals surface area contributed by atoms with Crippen LogP contribution in [-0.2, 0) is 4.74 Å². The van der Waals surface area contributed by atoms with Gasteiger partial charge in [0.1, 0.15) is 5.60 Å². The number of aliphatic hydroxyl groups is 1. The molecule has 1 rings (SSSR count). The minimum Gasteiger partial charge on any atom is -0.444 e. The van der Waals surface area contributed by atoms with E-state index in [1.165, 1.54) is 0 Å². The zero-order chi connectivity index (χ0) is 10.8. The molecule has 1 atom stereocenters. The number of aliphatic hydroxyl groups excluding tert-OH is 1. The number of nitrogens with zero attached hydrogens (tertiary/aromatic N) is 1. The standard InChI is InChI=1S/C10H19NO3.ClH/c1-10(2,3)14-9(13)11-6-4-5-8(12)7-11;/h8,12H,4-7H2,1-3H3;1H. The molecule has 1 fully saturated rings. The van der Waals surface area contributed by atoms with Gasteiger partial charge in [0.25, 0.3) is 0 Å². The molecule has 0 aromatic rings. The Balaban J connectivity index is 0.00000196. The lowest BCUT2D eigenvalue weighted by Gasteiger charge is -2.32. The van der Waals surface area contributed by atoms with Gasteiger partial charge >= 0.3 is 6.09 Å². The topological polar surface area (TPSA) is 49.8 Å². The number of ether oxygens (including phenoxy) is 1. The first-order valence-electron chi connectivity index (χ1n) is 5.04. The molecule has 90 valence electrons. The molecule has 1 aliphatic rings. The van der Waals surface area contributed by atoms with Gasteiger partial charge in [0, 0.05) is 13.1 Å². The average Bonchev–Trinajstić information content (AvgIpc) is 2.01. The van der Waals surface area contributed by atoms with Gasteiger partial charge < -0.3 is 14.7 Å². The molecule has 0 radical (unpaired) electrons. The number of hydrogen-bond donors (Lipinski definition) is 1. The van der Waals surface area contributed by atoms with E-state index >= 15 is 0 Å². The van der Waals surface area contributed by atoms with Crippen LogP contribution in [0.25, 0.3) is 0 Å². The fourth-order valence-corrected chi connectivity index (χ4v) is 1.45. The fourth-order valence-electron chi connectivity index (χ4n) is 1.45. The maximum Gasteiger partial charge on any atom is 0.410 e. The van der Waals surface area contributed by atoms with Crippen LogP contribution in [0.1, 0.15) is 33.6 Å². The zero-order valence-corrected chi connectivity index (χ0v) is 10.3. The quantitative estimate of drug-likeness (QED) is 0.699. The first kappa shape index (κ1) is 14.5. The van der Waals surface area contributed by atoms with Gasteiger partial charge in [-0.05, 0) is 33.6 Å². The van der Waals surface area contributed by atoms with Gasteiger partial charge in [-0.25, -0.2) is 4.79 Å². The van der Waals surface area contributed by atoms with Crippen LogP contribution in [0.15, 0.2) is 0 Å². The normalized spacial score (nSPS) is 21.9. The molecule has 0 aromatic carbocycles. The van der Waals surface area contributed by atoms with Gasteiger partial charge in [0.15, 0.2) is 0 Å². The minimum absolute atomic E-state index is 0. The van der Waals surface area contributed by atoms with Crippen LogP contribution < -0.4 is 0 Å². The molecule has 0 aromatic heterocycles. The van der Waals surface area contributed by atoms with Crippen LogP contribution in [0.4, 0.5) is 4.79 Å². The van der Waals surface area contributed by atoms with Gasteiger partial charge in [0.2, 0.25) is 0 Å². The Kier molecular flexibility index (Phi) is 5.38. The van der Waals surface area contributed by atoms with Gasteiger partial charge in [-0.1, -0.05) is 0 Å². The van der Waals surface area contributed by atoms with Crippen LogP contribution in [0.2, 0.25) is 0 Å². The lowest BCUT2D eigenvalue weighted by atomic mass is 10.1. The first-order valence-corrected chi connectivity index (χ1v) is 5.04. The van der Waals surface area contributed by atoms with Crippen molar-refractivity contribution in [3.8, 4) is 0 Å². The molecule has 1 N–H and O–H groups in total. The minimum atomic E-state index is -0.459. The van der Waals surface area contributed by atoms with Gasteiger partial charge in [-0.2, -0.15) is 0 Å². The molecule has 1 amide bonds. The summed E-state index contributed by atoms with van der Waals surface area (Å²) in [5, 5.41) is 9.38. The second kappa shape index (κ2) is 5.56. The number of amides is 1. The predicted octanol–water partition coefficient (Wildman–Crippen LogP) is 1.80. The Morgan fingerprint density at radius 1 is 1.47 bits per heavy atom. The molecule has 1 unspecified atom stereocenters. The molecule has 0 bridgehead atoms. The van der Waals surface area contributed by atoms with Crippen LogP contribution in [0, 0.1) is 0 Å². The van der Waals surface area contributed by atoms with E-state index in [1.807, 2.05) is 20.8 Å². The van der Waals surface area contributed by atoms with E-state index in [1.54, 1.807) is 4.90 Å². The summed E-state index contributed by atoms with van der Waals surface area (Å²) in [5.41, 5.74) is -0.459. The predicted molar refractivity (Wildman–Crippen MR) is 60.3 cm³/mol. The average molecular weight is 238 g/mol. The van der Waals surface area contributed by atoms with Crippen LogP contribution in [-0.4, -0.2) is 40.9 Å². The Labute approximate surface area is 97.0 Å². The lowest BCUT2D eigenvalue weighted by Crippen LogP contribution is -2.44. The summed E-state index contributed by atoms with van der Waals surface area (Å²) in [6.07, 6.45) is 0.909. The van der Waals surface area contributed by atoms with Crippen molar-refractivity contribution in [1.29, 1.82) is 0 Å². The SMILES string of the molecule is CC(C)(C)OC(=O)N1CCCC(O)C1.Cl. The molecule has 4 nitrogen and oxygen atoms in total. The van der Waals surface area contributed by atoms with E-state index in [0.717, 1.165) is 12.8 Å². The second-order valence-corrected chi connectivity index (χ2v) is 4.72. The van der Waals surface area contributed by atoms with Crippen molar-refractivity contribution in [2.75, 3.05) is 13.1 Å². The molecule has 0 spiro atoms. The summed E-state index contributed by atoms with van der Waals surface area (Å²) >= 11 is 0. The number of carbonyl (C=O) groups excluding carboxylic acids is 1.